The first kappa shape index (κ1) is 13.6. The molecule has 1 N–H and O–H groups in total. The van der Waals surface area contributed by atoms with Crippen LogP contribution in [0.5, 0.6) is 0 Å². The zero-order valence-electron chi connectivity index (χ0n) is 11.2. The second-order valence-corrected chi connectivity index (χ2v) is 5.27. The number of carbonyl (C=O) groups is 1. The minimum absolute atomic E-state index is 0.238. The molecular formula is C14H21NO2. The Morgan fingerprint density at radius 2 is 1.76 bits per heavy atom. The van der Waals surface area contributed by atoms with Crippen molar-refractivity contribution >= 4 is 11.7 Å². The Kier molecular flexibility index (Phi) is 4.16. The Morgan fingerprint density at radius 3 is 2.24 bits per heavy atom. The molecule has 1 aromatic carbocycles. The van der Waals surface area contributed by atoms with E-state index in [9.17, 15) is 4.79 Å². The Bertz CT molecular complexity index is 376. The predicted molar refractivity (Wildman–Crippen MR) is 70.1 cm³/mol. The Balaban J connectivity index is 2.57. The highest BCUT2D eigenvalue weighted by atomic mass is 16.6. The summed E-state index contributed by atoms with van der Waals surface area (Å²) in [5.41, 5.74) is 1.68. The van der Waals surface area contributed by atoms with Gasteiger partial charge in [-0.1, -0.05) is 17.7 Å². The van der Waals surface area contributed by atoms with Crippen LogP contribution in [0.15, 0.2) is 24.3 Å². The van der Waals surface area contributed by atoms with Gasteiger partial charge < -0.3 is 10.1 Å². The van der Waals surface area contributed by atoms with Gasteiger partial charge in [0.25, 0.3) is 0 Å². The molecule has 0 aliphatic carbocycles. The van der Waals surface area contributed by atoms with Crippen molar-refractivity contribution in [3.05, 3.63) is 29.8 Å². The fourth-order valence-electron chi connectivity index (χ4n) is 1.35. The lowest BCUT2D eigenvalue weighted by atomic mass is 10.2. The highest BCUT2D eigenvalue weighted by Gasteiger charge is 2.21. The number of esters is 1. The van der Waals surface area contributed by atoms with E-state index in [1.807, 2.05) is 52.0 Å². The molecule has 94 valence electrons. The predicted octanol–water partition coefficient (Wildman–Crippen LogP) is 3.14. The lowest BCUT2D eigenvalue weighted by Gasteiger charge is -2.23. The molecule has 0 fully saturated rings. The summed E-state index contributed by atoms with van der Waals surface area (Å²) in [6.45, 7) is 9.42. The normalized spacial score (nSPS) is 13.0. The van der Waals surface area contributed by atoms with Gasteiger partial charge in [-0.05, 0) is 46.8 Å². The van der Waals surface area contributed by atoms with Crippen LogP contribution < -0.4 is 5.32 Å². The molecule has 0 radical (unpaired) electrons. The molecule has 0 spiro atoms. The maximum absolute atomic E-state index is 11.7. The van der Waals surface area contributed by atoms with Crippen molar-refractivity contribution in [3.8, 4) is 0 Å². The fourth-order valence-corrected chi connectivity index (χ4v) is 1.35. The monoisotopic (exact) mass is 235 g/mol. The van der Waals surface area contributed by atoms with E-state index in [1.54, 1.807) is 6.92 Å². The van der Waals surface area contributed by atoms with Gasteiger partial charge in [-0.3, -0.25) is 0 Å². The standard InChI is InChI=1S/C14H21NO2/c1-10-6-8-12(9-7-10)15-11(2)13(16)17-14(3,4)5/h6-9,11,15H,1-5H3. The van der Waals surface area contributed by atoms with Crippen LogP contribution in [0.25, 0.3) is 0 Å². The molecule has 0 heterocycles. The molecule has 1 atom stereocenters. The zero-order valence-corrected chi connectivity index (χ0v) is 11.2. The number of anilines is 1. The maximum Gasteiger partial charge on any atom is 0.328 e. The summed E-state index contributed by atoms with van der Waals surface area (Å²) < 4.78 is 5.29. The lowest BCUT2D eigenvalue weighted by Crippen LogP contribution is -2.34. The van der Waals surface area contributed by atoms with Crippen molar-refractivity contribution in [2.45, 2.75) is 46.3 Å². The molecule has 3 heteroatoms. The van der Waals surface area contributed by atoms with Crippen LogP contribution in [0.1, 0.15) is 33.3 Å². The van der Waals surface area contributed by atoms with Crippen molar-refractivity contribution in [2.24, 2.45) is 0 Å². The second-order valence-electron chi connectivity index (χ2n) is 5.27. The van der Waals surface area contributed by atoms with Gasteiger partial charge in [-0.15, -0.1) is 0 Å². The molecule has 17 heavy (non-hydrogen) atoms. The van der Waals surface area contributed by atoms with Crippen molar-refractivity contribution in [1.29, 1.82) is 0 Å². The molecular weight excluding hydrogens is 214 g/mol. The summed E-state index contributed by atoms with van der Waals surface area (Å²) in [7, 11) is 0. The third-order valence-electron chi connectivity index (χ3n) is 2.20. The van der Waals surface area contributed by atoms with E-state index in [0.717, 1.165) is 5.69 Å². The number of aryl methyl sites for hydroxylation is 1. The van der Waals surface area contributed by atoms with Gasteiger partial charge >= 0.3 is 5.97 Å². The molecule has 1 unspecified atom stereocenters. The Morgan fingerprint density at radius 1 is 1.24 bits per heavy atom. The van der Waals surface area contributed by atoms with Crippen LogP contribution in [0.2, 0.25) is 0 Å². The molecule has 3 nitrogen and oxygen atoms in total. The molecule has 1 aromatic rings. The Hall–Kier alpha value is -1.51. The highest BCUT2D eigenvalue weighted by Crippen LogP contribution is 2.13. The minimum atomic E-state index is -0.444. The molecule has 1 rings (SSSR count). The van der Waals surface area contributed by atoms with Crippen molar-refractivity contribution < 1.29 is 9.53 Å². The smallest absolute Gasteiger partial charge is 0.328 e. The third kappa shape index (κ3) is 4.89. The first-order valence-electron chi connectivity index (χ1n) is 5.84. The summed E-state index contributed by atoms with van der Waals surface area (Å²) in [4.78, 5) is 11.7. The molecule has 0 aliphatic heterocycles. The van der Waals surface area contributed by atoms with Crippen molar-refractivity contribution in [1.82, 2.24) is 0 Å². The highest BCUT2D eigenvalue weighted by molar-refractivity contribution is 5.79. The van der Waals surface area contributed by atoms with Crippen LogP contribution in [-0.2, 0) is 9.53 Å². The summed E-state index contributed by atoms with van der Waals surface area (Å²) in [5.74, 6) is -0.238. The summed E-state index contributed by atoms with van der Waals surface area (Å²) in [6, 6.07) is 7.57. The number of nitrogens with one attached hydrogen (secondary N) is 1. The van der Waals surface area contributed by atoms with E-state index in [0.29, 0.717) is 0 Å². The summed E-state index contributed by atoms with van der Waals surface area (Å²) in [6.07, 6.45) is 0. The van der Waals surface area contributed by atoms with Crippen LogP contribution >= 0.6 is 0 Å². The Labute approximate surface area is 103 Å². The molecule has 0 aromatic heterocycles. The maximum atomic E-state index is 11.7. The fraction of sp³-hybridized carbons (Fsp3) is 0.500. The van der Waals surface area contributed by atoms with Gasteiger partial charge in [0, 0.05) is 5.69 Å². The number of benzene rings is 1. The van der Waals surface area contributed by atoms with Crippen molar-refractivity contribution in [3.63, 3.8) is 0 Å². The van der Waals surface area contributed by atoms with Gasteiger partial charge in [0.2, 0.25) is 0 Å². The number of carbonyl (C=O) groups excluding carboxylic acids is 1. The van der Waals surface area contributed by atoms with Crippen LogP contribution in [0.4, 0.5) is 5.69 Å². The number of ether oxygens (including phenoxy) is 1. The van der Waals surface area contributed by atoms with E-state index < -0.39 is 5.60 Å². The minimum Gasteiger partial charge on any atom is -0.458 e. The summed E-state index contributed by atoms with van der Waals surface area (Å²) >= 11 is 0. The van der Waals surface area contributed by atoms with E-state index >= 15 is 0 Å². The van der Waals surface area contributed by atoms with Gasteiger partial charge in [0.05, 0.1) is 0 Å². The summed E-state index contributed by atoms with van der Waals surface area (Å²) in [5, 5.41) is 3.12. The third-order valence-corrected chi connectivity index (χ3v) is 2.20. The zero-order chi connectivity index (χ0) is 13.1. The van der Waals surface area contributed by atoms with Crippen LogP contribution in [0, 0.1) is 6.92 Å². The van der Waals surface area contributed by atoms with E-state index in [-0.39, 0.29) is 12.0 Å². The molecule has 0 bridgehead atoms. The molecule has 0 aliphatic rings. The SMILES string of the molecule is Cc1ccc(NC(C)C(=O)OC(C)(C)C)cc1. The van der Waals surface area contributed by atoms with Gasteiger partial charge in [-0.25, -0.2) is 4.79 Å². The lowest BCUT2D eigenvalue weighted by molar-refractivity contribution is -0.155. The average Bonchev–Trinajstić information content (AvgIpc) is 2.19. The largest absolute Gasteiger partial charge is 0.458 e. The first-order valence-corrected chi connectivity index (χ1v) is 5.84. The molecule has 0 saturated carbocycles. The van der Waals surface area contributed by atoms with Gasteiger partial charge in [-0.2, -0.15) is 0 Å². The average molecular weight is 235 g/mol. The topological polar surface area (TPSA) is 38.3 Å². The van der Waals surface area contributed by atoms with E-state index in [4.69, 9.17) is 4.74 Å². The van der Waals surface area contributed by atoms with Gasteiger partial charge in [0.15, 0.2) is 0 Å². The second kappa shape index (κ2) is 5.21. The van der Waals surface area contributed by atoms with E-state index in [2.05, 4.69) is 5.32 Å². The quantitative estimate of drug-likeness (QED) is 0.818. The van der Waals surface area contributed by atoms with Crippen LogP contribution in [-0.4, -0.2) is 17.6 Å². The first-order chi connectivity index (χ1) is 7.78. The van der Waals surface area contributed by atoms with Crippen LogP contribution in [0.3, 0.4) is 0 Å². The molecule has 0 amide bonds. The number of hydrogen-bond donors (Lipinski definition) is 1. The van der Waals surface area contributed by atoms with E-state index in [1.165, 1.54) is 5.56 Å². The number of rotatable bonds is 3. The number of hydrogen-bond acceptors (Lipinski definition) is 3. The van der Waals surface area contributed by atoms with Crippen molar-refractivity contribution in [2.75, 3.05) is 5.32 Å². The van der Waals surface area contributed by atoms with Gasteiger partial charge in [0.1, 0.15) is 11.6 Å². The molecule has 0 saturated heterocycles.